The van der Waals surface area contributed by atoms with E-state index in [-0.39, 0.29) is 16.3 Å². The van der Waals surface area contributed by atoms with Crippen molar-refractivity contribution in [3.8, 4) is 11.1 Å². The zero-order valence-corrected chi connectivity index (χ0v) is 16.5. The van der Waals surface area contributed by atoms with Gasteiger partial charge >= 0.3 is 0 Å². The molecule has 0 aliphatic heterocycles. The Morgan fingerprint density at radius 3 is 2.66 bits per heavy atom. The van der Waals surface area contributed by atoms with Crippen LogP contribution in [0, 0.1) is 26.2 Å². The van der Waals surface area contributed by atoms with E-state index in [1.54, 1.807) is 12.1 Å². The van der Waals surface area contributed by atoms with Crippen LogP contribution >= 0.6 is 0 Å². The van der Waals surface area contributed by atoms with Gasteiger partial charge in [0.05, 0.1) is 22.9 Å². The fraction of sp³-hybridized carbons (Fsp3) is 0.143. The molecule has 1 aliphatic rings. The quantitative estimate of drug-likeness (QED) is 0.616. The molecule has 1 heterocycles. The third-order valence-corrected chi connectivity index (χ3v) is 6.27. The molecule has 29 heavy (non-hydrogen) atoms. The Labute approximate surface area is 167 Å². The van der Waals surface area contributed by atoms with Gasteiger partial charge in [-0.2, -0.15) is 0 Å². The van der Waals surface area contributed by atoms with E-state index in [9.17, 15) is 12.8 Å². The van der Waals surface area contributed by atoms with Gasteiger partial charge in [0.2, 0.25) is 0 Å². The summed E-state index contributed by atoms with van der Waals surface area (Å²) < 4.78 is 47.4. The predicted molar refractivity (Wildman–Crippen MR) is 108 cm³/mol. The number of anilines is 1. The standard InChI is InChI=1S/C21H16FN3O3S/c1-12-21(13(2)28-24-12)15-4-7-17-14(10-15)5-9-20(17)29(26,27)25-19-8-6-16(23-3)11-18(19)22/h4,6-11,25H,5H2,1-2H3. The Hall–Kier alpha value is -3.44. The lowest BCUT2D eigenvalue weighted by molar-refractivity contribution is 0.393. The summed E-state index contributed by atoms with van der Waals surface area (Å²) >= 11 is 0. The lowest BCUT2D eigenvalue weighted by atomic mass is 9.99. The molecular formula is C21H16FN3O3S. The molecule has 6 nitrogen and oxygen atoms in total. The molecule has 2 aromatic carbocycles. The molecule has 0 unspecified atom stereocenters. The first kappa shape index (κ1) is 18.9. The molecule has 8 heteroatoms. The van der Waals surface area contributed by atoms with Crippen LogP contribution < -0.4 is 4.72 Å². The Morgan fingerprint density at radius 2 is 2.00 bits per heavy atom. The highest BCUT2D eigenvalue weighted by Gasteiger charge is 2.27. The number of hydrogen-bond acceptors (Lipinski definition) is 4. The molecule has 1 N–H and O–H groups in total. The van der Waals surface area contributed by atoms with Gasteiger partial charge in [0.25, 0.3) is 10.0 Å². The molecule has 1 aromatic heterocycles. The van der Waals surface area contributed by atoms with E-state index < -0.39 is 15.8 Å². The number of hydrogen-bond donors (Lipinski definition) is 1. The molecule has 0 spiro atoms. The van der Waals surface area contributed by atoms with Crippen molar-refractivity contribution in [3.63, 3.8) is 0 Å². The first-order valence-corrected chi connectivity index (χ1v) is 10.2. The average Bonchev–Trinajstić information content (AvgIpc) is 3.26. The fourth-order valence-electron chi connectivity index (χ4n) is 3.48. The van der Waals surface area contributed by atoms with Crippen LogP contribution in [0.2, 0.25) is 0 Å². The van der Waals surface area contributed by atoms with Gasteiger partial charge in [-0.25, -0.2) is 17.7 Å². The highest BCUT2D eigenvalue weighted by Crippen LogP contribution is 2.37. The second-order valence-corrected chi connectivity index (χ2v) is 8.38. The normalized spacial score (nSPS) is 13.0. The molecule has 0 bridgehead atoms. The van der Waals surface area contributed by atoms with Crippen molar-refractivity contribution in [1.82, 2.24) is 5.16 Å². The summed E-state index contributed by atoms with van der Waals surface area (Å²) in [6.45, 7) is 10.6. The second kappa shape index (κ2) is 6.87. The van der Waals surface area contributed by atoms with Gasteiger partial charge < -0.3 is 4.52 Å². The molecule has 0 saturated carbocycles. The highest BCUT2D eigenvalue weighted by molar-refractivity contribution is 8.01. The number of aryl methyl sites for hydroxylation is 2. The zero-order chi connectivity index (χ0) is 20.8. The van der Waals surface area contributed by atoms with Crippen molar-refractivity contribution in [1.29, 1.82) is 0 Å². The SMILES string of the molecule is [C-]#[N+]c1ccc(NS(=O)(=O)C2=CCc3cc(-c4c(C)noc4C)ccc32)c(F)c1. The van der Waals surface area contributed by atoms with E-state index in [1.165, 1.54) is 12.1 Å². The number of halogens is 1. The van der Waals surface area contributed by atoms with Gasteiger partial charge in [-0.15, -0.1) is 0 Å². The zero-order valence-electron chi connectivity index (χ0n) is 15.7. The maximum atomic E-state index is 14.1. The fourth-order valence-corrected chi connectivity index (χ4v) is 4.83. The van der Waals surface area contributed by atoms with Crippen molar-refractivity contribution < 1.29 is 17.3 Å². The average molecular weight is 409 g/mol. The highest BCUT2D eigenvalue weighted by atomic mass is 32.2. The summed E-state index contributed by atoms with van der Waals surface area (Å²) in [5.74, 6) is -0.101. The predicted octanol–water partition coefficient (Wildman–Crippen LogP) is 4.99. The number of aromatic nitrogens is 1. The van der Waals surface area contributed by atoms with Crippen molar-refractivity contribution in [3.05, 3.63) is 82.3 Å². The lowest BCUT2D eigenvalue weighted by Gasteiger charge is -2.12. The van der Waals surface area contributed by atoms with E-state index in [1.807, 2.05) is 26.0 Å². The maximum absolute atomic E-state index is 14.1. The smallest absolute Gasteiger partial charge is 0.262 e. The van der Waals surface area contributed by atoms with E-state index in [2.05, 4.69) is 14.7 Å². The minimum atomic E-state index is -3.99. The maximum Gasteiger partial charge on any atom is 0.262 e. The van der Waals surface area contributed by atoms with E-state index in [0.29, 0.717) is 17.7 Å². The number of rotatable bonds is 4. The summed E-state index contributed by atoms with van der Waals surface area (Å²) in [5.41, 5.74) is 3.89. The van der Waals surface area contributed by atoms with Crippen LogP contribution in [0.1, 0.15) is 22.6 Å². The Morgan fingerprint density at radius 1 is 1.21 bits per heavy atom. The van der Waals surface area contributed by atoms with Gasteiger partial charge in [-0.1, -0.05) is 35.5 Å². The Bertz CT molecular complexity index is 1300. The van der Waals surface area contributed by atoms with Gasteiger partial charge in [-0.3, -0.25) is 4.72 Å². The van der Waals surface area contributed by atoms with Crippen molar-refractivity contribution in [2.24, 2.45) is 0 Å². The van der Waals surface area contributed by atoms with E-state index >= 15 is 0 Å². The minimum absolute atomic E-state index is 0.0997. The van der Waals surface area contributed by atoms with Crippen LogP contribution in [-0.2, 0) is 16.4 Å². The Kier molecular flexibility index (Phi) is 4.47. The van der Waals surface area contributed by atoms with Crippen LogP contribution in [0.15, 0.2) is 47.0 Å². The first-order chi connectivity index (χ1) is 13.8. The molecule has 0 radical (unpaired) electrons. The van der Waals surface area contributed by atoms with Crippen LogP contribution in [0.3, 0.4) is 0 Å². The third kappa shape index (κ3) is 3.30. The molecule has 0 saturated heterocycles. The molecule has 146 valence electrons. The van der Waals surface area contributed by atoms with Gasteiger partial charge in [-0.05, 0) is 49.1 Å². The number of allylic oxidation sites excluding steroid dienone is 1. The third-order valence-electron chi connectivity index (χ3n) is 4.82. The van der Waals surface area contributed by atoms with Crippen LogP contribution in [0.4, 0.5) is 15.8 Å². The van der Waals surface area contributed by atoms with Gasteiger partial charge in [0.15, 0.2) is 5.69 Å². The number of benzene rings is 2. The second-order valence-electron chi connectivity index (χ2n) is 6.73. The molecule has 1 aliphatic carbocycles. The number of nitrogens with zero attached hydrogens (tertiary/aromatic N) is 2. The van der Waals surface area contributed by atoms with E-state index in [0.717, 1.165) is 28.5 Å². The molecule has 4 rings (SSSR count). The van der Waals surface area contributed by atoms with Crippen LogP contribution in [-0.4, -0.2) is 13.6 Å². The summed E-state index contributed by atoms with van der Waals surface area (Å²) in [4.78, 5) is 3.23. The van der Waals surface area contributed by atoms with Crippen molar-refractivity contribution in [2.45, 2.75) is 20.3 Å². The number of nitrogens with one attached hydrogen (secondary N) is 1. The topological polar surface area (TPSA) is 76.6 Å². The first-order valence-electron chi connectivity index (χ1n) is 8.76. The lowest BCUT2D eigenvalue weighted by Crippen LogP contribution is -2.14. The summed E-state index contributed by atoms with van der Waals surface area (Å²) in [5, 5.41) is 3.96. The Balaban J connectivity index is 1.66. The molecular weight excluding hydrogens is 393 g/mol. The summed E-state index contributed by atoms with van der Waals surface area (Å²) in [7, 11) is -3.99. The number of fused-ring (bicyclic) bond motifs is 1. The molecule has 0 fully saturated rings. The number of sulfonamides is 1. The summed E-state index contributed by atoms with van der Waals surface area (Å²) in [6.07, 6.45) is 2.05. The molecule has 0 amide bonds. The minimum Gasteiger partial charge on any atom is -0.361 e. The largest absolute Gasteiger partial charge is 0.361 e. The molecule has 0 atom stereocenters. The van der Waals surface area contributed by atoms with Gasteiger partial charge in [0, 0.05) is 5.56 Å². The monoisotopic (exact) mass is 409 g/mol. The summed E-state index contributed by atoms with van der Waals surface area (Å²) in [6, 6.07) is 9.10. The van der Waals surface area contributed by atoms with Crippen LogP contribution in [0.25, 0.3) is 20.9 Å². The van der Waals surface area contributed by atoms with Crippen molar-refractivity contribution in [2.75, 3.05) is 4.72 Å². The van der Waals surface area contributed by atoms with Crippen molar-refractivity contribution >= 4 is 26.3 Å². The van der Waals surface area contributed by atoms with E-state index in [4.69, 9.17) is 11.1 Å². The van der Waals surface area contributed by atoms with Crippen LogP contribution in [0.5, 0.6) is 0 Å². The van der Waals surface area contributed by atoms with Gasteiger partial charge in [0.1, 0.15) is 11.6 Å². The molecule has 3 aromatic rings.